The first kappa shape index (κ1) is 12.0. The minimum atomic E-state index is -5.13. The topological polar surface area (TPSA) is 29.1 Å². The zero-order valence-electron chi connectivity index (χ0n) is 7.90. The normalized spacial score (nSPS) is 19.3. The predicted octanol–water partition coefficient (Wildman–Crippen LogP) is 2.46. The number of carbonyl (C=O) groups excluding carboxylic acids is 1. The van der Waals surface area contributed by atoms with Gasteiger partial charge in [0, 0.05) is 5.70 Å². The van der Waals surface area contributed by atoms with Crippen molar-refractivity contribution in [1.82, 2.24) is 5.32 Å². The molecule has 0 fully saturated rings. The van der Waals surface area contributed by atoms with Crippen molar-refractivity contribution in [3.05, 3.63) is 11.8 Å². The highest BCUT2D eigenvalue weighted by molar-refractivity contribution is 5.83. The van der Waals surface area contributed by atoms with Gasteiger partial charge in [-0.1, -0.05) is 6.08 Å². The SMILES string of the molecule is O=C(NC1=CCCCC1)C(F)C(F)(F)F. The molecule has 2 nitrogen and oxygen atoms in total. The Morgan fingerprint density at radius 1 is 1.40 bits per heavy atom. The zero-order chi connectivity index (χ0) is 11.5. The fourth-order valence-electron chi connectivity index (χ4n) is 1.32. The number of hydrogen-bond acceptors (Lipinski definition) is 1. The fourth-order valence-corrected chi connectivity index (χ4v) is 1.32. The molecule has 0 spiro atoms. The van der Waals surface area contributed by atoms with E-state index in [1.807, 2.05) is 5.32 Å². The van der Waals surface area contributed by atoms with Gasteiger partial charge >= 0.3 is 6.18 Å². The smallest absolute Gasteiger partial charge is 0.327 e. The fraction of sp³-hybridized carbons (Fsp3) is 0.667. The first-order valence-corrected chi connectivity index (χ1v) is 4.62. The summed E-state index contributed by atoms with van der Waals surface area (Å²) >= 11 is 0. The summed E-state index contributed by atoms with van der Waals surface area (Å²) in [5.74, 6) is -1.63. The molecule has 1 aliphatic carbocycles. The lowest BCUT2D eigenvalue weighted by Crippen LogP contribution is -2.40. The zero-order valence-corrected chi connectivity index (χ0v) is 7.90. The van der Waals surface area contributed by atoms with Gasteiger partial charge in [-0.25, -0.2) is 4.39 Å². The molecule has 1 rings (SSSR count). The van der Waals surface area contributed by atoms with Crippen LogP contribution in [0.3, 0.4) is 0 Å². The summed E-state index contributed by atoms with van der Waals surface area (Å²) in [6.45, 7) is 0. The lowest BCUT2D eigenvalue weighted by Gasteiger charge is -2.16. The highest BCUT2D eigenvalue weighted by Gasteiger charge is 2.45. The Morgan fingerprint density at radius 3 is 2.53 bits per heavy atom. The highest BCUT2D eigenvalue weighted by Crippen LogP contribution is 2.24. The second kappa shape index (κ2) is 4.63. The summed E-state index contributed by atoms with van der Waals surface area (Å²) in [6, 6.07) is 0. The molecule has 0 bridgehead atoms. The van der Waals surface area contributed by atoms with Crippen LogP contribution in [0.25, 0.3) is 0 Å². The van der Waals surface area contributed by atoms with Crippen LogP contribution in [0.4, 0.5) is 17.6 Å². The lowest BCUT2D eigenvalue weighted by atomic mass is 10.0. The molecule has 0 aromatic carbocycles. The highest BCUT2D eigenvalue weighted by atomic mass is 19.4. The maximum Gasteiger partial charge on any atom is 0.428 e. The van der Waals surface area contributed by atoms with Crippen LogP contribution in [0.5, 0.6) is 0 Å². The number of hydrogen-bond donors (Lipinski definition) is 1. The quantitative estimate of drug-likeness (QED) is 0.718. The molecule has 0 aromatic rings. The molecule has 1 N–H and O–H groups in total. The summed E-state index contributed by atoms with van der Waals surface area (Å²) in [7, 11) is 0. The van der Waals surface area contributed by atoms with Crippen molar-refractivity contribution in [2.24, 2.45) is 0 Å². The summed E-state index contributed by atoms with van der Waals surface area (Å²) in [6.07, 6.45) is -3.99. The Morgan fingerprint density at radius 2 is 2.07 bits per heavy atom. The van der Waals surface area contributed by atoms with E-state index in [1.165, 1.54) is 0 Å². The number of nitrogens with one attached hydrogen (secondary N) is 1. The molecule has 1 aliphatic rings. The van der Waals surface area contributed by atoms with E-state index in [0.29, 0.717) is 18.5 Å². The first-order valence-electron chi connectivity index (χ1n) is 4.62. The van der Waals surface area contributed by atoms with Crippen molar-refractivity contribution in [1.29, 1.82) is 0 Å². The largest absolute Gasteiger partial charge is 0.428 e. The Balaban J connectivity index is 2.51. The average molecular weight is 225 g/mol. The predicted molar refractivity (Wildman–Crippen MR) is 45.6 cm³/mol. The van der Waals surface area contributed by atoms with Crippen LogP contribution in [0.15, 0.2) is 11.8 Å². The maximum atomic E-state index is 12.5. The molecule has 0 radical (unpaired) electrons. The summed E-state index contributed by atoms with van der Waals surface area (Å²) < 4.78 is 47.9. The van der Waals surface area contributed by atoms with E-state index in [4.69, 9.17) is 0 Å². The Hall–Kier alpha value is -1.07. The third kappa shape index (κ3) is 3.53. The van der Waals surface area contributed by atoms with Gasteiger partial charge in [0.15, 0.2) is 0 Å². The minimum Gasteiger partial charge on any atom is -0.327 e. The van der Waals surface area contributed by atoms with E-state index in [-0.39, 0.29) is 0 Å². The van der Waals surface area contributed by atoms with Gasteiger partial charge in [-0.05, 0) is 25.7 Å². The van der Waals surface area contributed by atoms with Crippen LogP contribution in [-0.2, 0) is 4.79 Å². The molecule has 1 unspecified atom stereocenters. The van der Waals surface area contributed by atoms with Crippen LogP contribution in [0.2, 0.25) is 0 Å². The van der Waals surface area contributed by atoms with Gasteiger partial charge in [0.2, 0.25) is 0 Å². The number of alkyl halides is 4. The van der Waals surface area contributed by atoms with Gasteiger partial charge in [-0.15, -0.1) is 0 Å². The Kier molecular flexibility index (Phi) is 3.71. The van der Waals surface area contributed by atoms with Crippen LogP contribution in [0, 0.1) is 0 Å². The van der Waals surface area contributed by atoms with Crippen molar-refractivity contribution in [2.75, 3.05) is 0 Å². The Labute approximate surface area is 84.3 Å². The lowest BCUT2D eigenvalue weighted by molar-refractivity contribution is -0.186. The van der Waals surface area contributed by atoms with Gasteiger partial charge in [0.25, 0.3) is 12.1 Å². The van der Waals surface area contributed by atoms with Gasteiger partial charge in [0.1, 0.15) is 0 Å². The van der Waals surface area contributed by atoms with Crippen LogP contribution >= 0.6 is 0 Å². The van der Waals surface area contributed by atoms with E-state index in [1.54, 1.807) is 6.08 Å². The number of amides is 1. The average Bonchev–Trinajstić information content (AvgIpc) is 2.16. The second-order valence-corrected chi connectivity index (χ2v) is 3.37. The molecule has 1 atom stereocenters. The molecule has 1 amide bonds. The number of rotatable bonds is 2. The van der Waals surface area contributed by atoms with Gasteiger partial charge in [-0.3, -0.25) is 4.79 Å². The van der Waals surface area contributed by atoms with Crippen molar-refractivity contribution in [2.45, 2.75) is 38.0 Å². The number of carbonyl (C=O) groups is 1. The molecular weight excluding hydrogens is 214 g/mol. The van der Waals surface area contributed by atoms with Crippen molar-refractivity contribution in [3.8, 4) is 0 Å². The molecule has 0 aliphatic heterocycles. The Bertz CT molecular complexity index is 272. The van der Waals surface area contributed by atoms with E-state index in [2.05, 4.69) is 0 Å². The molecular formula is C9H11F4NO. The van der Waals surface area contributed by atoms with Crippen molar-refractivity contribution >= 4 is 5.91 Å². The molecule has 86 valence electrons. The van der Waals surface area contributed by atoms with E-state index >= 15 is 0 Å². The third-order valence-corrected chi connectivity index (χ3v) is 2.09. The third-order valence-electron chi connectivity index (χ3n) is 2.09. The van der Waals surface area contributed by atoms with Gasteiger partial charge in [-0.2, -0.15) is 13.2 Å². The van der Waals surface area contributed by atoms with E-state index < -0.39 is 18.3 Å². The molecule has 0 saturated carbocycles. The maximum absolute atomic E-state index is 12.5. The molecule has 0 saturated heterocycles. The van der Waals surface area contributed by atoms with Crippen molar-refractivity contribution < 1.29 is 22.4 Å². The minimum absolute atomic E-state index is 0.387. The summed E-state index contributed by atoms with van der Waals surface area (Å²) in [5, 5.41) is 1.95. The summed E-state index contributed by atoms with van der Waals surface area (Å²) in [4.78, 5) is 10.8. The van der Waals surface area contributed by atoms with E-state index in [0.717, 1.165) is 12.8 Å². The van der Waals surface area contributed by atoms with Gasteiger partial charge in [0.05, 0.1) is 0 Å². The second-order valence-electron chi connectivity index (χ2n) is 3.37. The molecule has 6 heteroatoms. The number of allylic oxidation sites excluding steroid dienone is 2. The molecule has 0 heterocycles. The first-order chi connectivity index (χ1) is 6.91. The van der Waals surface area contributed by atoms with Crippen LogP contribution in [-0.4, -0.2) is 18.3 Å². The summed E-state index contributed by atoms with van der Waals surface area (Å²) in [5.41, 5.74) is 0.387. The standard InChI is InChI=1S/C9H11F4NO/c10-7(9(11,12)13)8(15)14-6-4-2-1-3-5-6/h4,7H,1-3,5H2,(H,14,15). The molecule has 0 aromatic heterocycles. The number of halogens is 4. The van der Waals surface area contributed by atoms with Crippen LogP contribution in [0.1, 0.15) is 25.7 Å². The molecule has 15 heavy (non-hydrogen) atoms. The van der Waals surface area contributed by atoms with E-state index in [9.17, 15) is 22.4 Å². The monoisotopic (exact) mass is 225 g/mol. The van der Waals surface area contributed by atoms with Crippen LogP contribution < -0.4 is 5.32 Å². The van der Waals surface area contributed by atoms with Crippen molar-refractivity contribution in [3.63, 3.8) is 0 Å². The van der Waals surface area contributed by atoms with Gasteiger partial charge < -0.3 is 5.32 Å².